The normalized spacial score (nSPS) is 11.1. The Kier molecular flexibility index (Phi) is 6.65. The average molecular weight is 413 g/mol. The van der Waals surface area contributed by atoms with Crippen LogP contribution in [0.2, 0.25) is 0 Å². The second-order valence-electron chi connectivity index (χ2n) is 7.13. The van der Waals surface area contributed by atoms with Gasteiger partial charge in [0.25, 0.3) is 5.56 Å². The van der Waals surface area contributed by atoms with Gasteiger partial charge in [0.1, 0.15) is 17.9 Å². The molecule has 160 valence electrons. The first kappa shape index (κ1) is 21.3. The number of carbonyl (C=O) groups is 1. The van der Waals surface area contributed by atoms with Crippen molar-refractivity contribution in [2.75, 3.05) is 17.2 Å². The Balaban J connectivity index is 2.00. The van der Waals surface area contributed by atoms with Crippen molar-refractivity contribution in [1.82, 2.24) is 24.5 Å². The summed E-state index contributed by atoms with van der Waals surface area (Å²) in [7, 11) is 0. The Morgan fingerprint density at radius 1 is 1.17 bits per heavy atom. The number of hydrogen-bond donors (Lipinski definition) is 2. The maximum Gasteiger partial charge on any atom is 0.330 e. The van der Waals surface area contributed by atoms with Crippen molar-refractivity contribution in [2.24, 2.45) is 0 Å². The molecule has 1 amide bonds. The maximum absolute atomic E-state index is 13.2. The molecule has 2 heterocycles. The summed E-state index contributed by atoms with van der Waals surface area (Å²) in [6.07, 6.45) is 3.09. The predicted molar refractivity (Wildman–Crippen MR) is 115 cm³/mol. The molecule has 0 unspecified atom stereocenters. The molecule has 0 saturated heterocycles. The summed E-state index contributed by atoms with van der Waals surface area (Å²) < 4.78 is 2.81. The summed E-state index contributed by atoms with van der Waals surface area (Å²) in [5.41, 5.74) is 6.38. The highest BCUT2D eigenvalue weighted by Crippen LogP contribution is 2.19. The van der Waals surface area contributed by atoms with E-state index >= 15 is 0 Å². The predicted octanol–water partition coefficient (Wildman–Crippen LogP) is 1.50. The summed E-state index contributed by atoms with van der Waals surface area (Å²) in [6.45, 7) is 4.56. The number of aromatic amines is 1. The molecule has 0 aliphatic rings. The lowest BCUT2D eigenvalue weighted by Gasteiger charge is -2.24. The summed E-state index contributed by atoms with van der Waals surface area (Å²) in [6, 6.07) is 7.32. The number of amides is 1. The number of aromatic nitrogens is 5. The molecule has 3 rings (SSSR count). The first-order valence-corrected chi connectivity index (χ1v) is 10.2. The van der Waals surface area contributed by atoms with Gasteiger partial charge in [0.2, 0.25) is 5.91 Å². The van der Waals surface area contributed by atoms with Crippen molar-refractivity contribution in [3.8, 4) is 0 Å². The summed E-state index contributed by atoms with van der Waals surface area (Å²) in [5, 5.41) is 8.12. The Morgan fingerprint density at radius 2 is 1.90 bits per heavy atom. The van der Waals surface area contributed by atoms with Gasteiger partial charge in [-0.05, 0) is 25.0 Å². The third-order valence-corrected chi connectivity index (χ3v) is 4.96. The smallest absolute Gasteiger partial charge is 0.330 e. The monoisotopic (exact) mass is 413 g/mol. The van der Waals surface area contributed by atoms with Gasteiger partial charge in [-0.1, -0.05) is 44.0 Å². The Hall–Kier alpha value is -3.43. The van der Waals surface area contributed by atoms with Crippen molar-refractivity contribution in [3.05, 3.63) is 45.1 Å². The van der Waals surface area contributed by atoms with Crippen LogP contribution in [0, 0.1) is 0 Å². The summed E-state index contributed by atoms with van der Waals surface area (Å²) in [4.78, 5) is 41.7. The van der Waals surface area contributed by atoms with E-state index in [0.29, 0.717) is 25.0 Å². The Labute approximate surface area is 173 Å². The molecule has 0 atom stereocenters. The number of benzene rings is 1. The molecule has 1 aromatic carbocycles. The molecule has 0 radical (unpaired) electrons. The van der Waals surface area contributed by atoms with E-state index in [1.807, 2.05) is 38.1 Å². The van der Waals surface area contributed by atoms with Crippen molar-refractivity contribution >= 4 is 28.4 Å². The molecule has 0 aliphatic carbocycles. The molecule has 0 bridgehead atoms. The number of para-hydroxylation sites is 1. The van der Waals surface area contributed by atoms with E-state index in [4.69, 9.17) is 5.73 Å². The fraction of sp³-hybridized carbons (Fsp3) is 0.450. The minimum atomic E-state index is -0.668. The van der Waals surface area contributed by atoms with Gasteiger partial charge in [0, 0.05) is 13.1 Å². The van der Waals surface area contributed by atoms with Gasteiger partial charge >= 0.3 is 5.69 Å². The van der Waals surface area contributed by atoms with E-state index < -0.39 is 11.2 Å². The van der Waals surface area contributed by atoms with Crippen LogP contribution < -0.4 is 21.9 Å². The molecule has 0 saturated carbocycles. The van der Waals surface area contributed by atoms with E-state index in [9.17, 15) is 14.4 Å². The van der Waals surface area contributed by atoms with Crippen LogP contribution in [0.4, 0.5) is 11.5 Å². The second kappa shape index (κ2) is 9.38. The zero-order chi connectivity index (χ0) is 21.7. The van der Waals surface area contributed by atoms with Crippen molar-refractivity contribution < 1.29 is 4.79 Å². The second-order valence-corrected chi connectivity index (χ2v) is 7.13. The number of rotatable bonds is 9. The molecule has 10 nitrogen and oxygen atoms in total. The van der Waals surface area contributed by atoms with Gasteiger partial charge in [-0.15, -0.1) is 5.10 Å². The van der Waals surface area contributed by atoms with Crippen LogP contribution in [0.3, 0.4) is 0 Å². The first-order valence-electron chi connectivity index (χ1n) is 10.2. The number of nitrogen functional groups attached to an aromatic ring is 1. The molecule has 2 aromatic heterocycles. The van der Waals surface area contributed by atoms with E-state index in [2.05, 4.69) is 15.3 Å². The van der Waals surface area contributed by atoms with Crippen LogP contribution in [0.1, 0.15) is 39.5 Å². The molecule has 0 spiro atoms. The Morgan fingerprint density at radius 3 is 2.63 bits per heavy atom. The van der Waals surface area contributed by atoms with Crippen molar-refractivity contribution in [1.29, 1.82) is 0 Å². The molecule has 30 heavy (non-hydrogen) atoms. The molecule has 0 fully saturated rings. The highest BCUT2D eigenvalue weighted by Gasteiger charge is 2.24. The van der Waals surface area contributed by atoms with Gasteiger partial charge < -0.3 is 10.6 Å². The number of carbonyl (C=O) groups excluding carboxylic acids is 1. The number of anilines is 2. The van der Waals surface area contributed by atoms with Crippen LogP contribution >= 0.6 is 0 Å². The number of fused-ring (bicyclic) bond motifs is 1. The average Bonchev–Trinajstić information content (AvgIpc) is 3.13. The van der Waals surface area contributed by atoms with Crippen LogP contribution in [0.15, 0.2) is 33.9 Å². The number of nitrogens with zero attached hydrogens (tertiary/aromatic N) is 5. The van der Waals surface area contributed by atoms with E-state index in [1.54, 1.807) is 0 Å². The SMILES string of the molecule is CCCCN(C(=O)Cn1nnc2ccccc21)c1c(N)n(CCCC)c(=O)[nH]c1=O. The fourth-order valence-electron chi connectivity index (χ4n) is 3.30. The van der Waals surface area contributed by atoms with Crippen LogP contribution in [-0.4, -0.2) is 37.0 Å². The molecule has 0 aliphatic heterocycles. The fourth-order valence-corrected chi connectivity index (χ4v) is 3.30. The molecule has 10 heteroatoms. The number of nitrogens with one attached hydrogen (secondary N) is 1. The Bertz CT molecular complexity index is 1150. The van der Waals surface area contributed by atoms with Crippen LogP contribution in [0.5, 0.6) is 0 Å². The lowest BCUT2D eigenvalue weighted by molar-refractivity contribution is -0.119. The minimum absolute atomic E-state index is 0.00472. The van der Waals surface area contributed by atoms with Gasteiger partial charge in [0.05, 0.1) is 5.52 Å². The van der Waals surface area contributed by atoms with Gasteiger partial charge in [-0.2, -0.15) is 0 Å². The van der Waals surface area contributed by atoms with E-state index in [1.165, 1.54) is 14.1 Å². The largest absolute Gasteiger partial charge is 0.383 e. The van der Waals surface area contributed by atoms with Gasteiger partial charge in [-0.25, -0.2) is 9.48 Å². The molecule has 3 N–H and O–H groups in total. The zero-order valence-corrected chi connectivity index (χ0v) is 17.3. The zero-order valence-electron chi connectivity index (χ0n) is 17.3. The lowest BCUT2D eigenvalue weighted by atomic mass is 10.2. The topological polar surface area (TPSA) is 132 Å². The van der Waals surface area contributed by atoms with Crippen LogP contribution in [-0.2, 0) is 17.9 Å². The standard InChI is InChI=1S/C20H27N7O3/c1-3-5-11-25(16(28)13-27-15-10-8-7-9-14(15)23-24-27)17-18(21)26(12-6-4-2)20(30)22-19(17)29/h7-10H,3-6,11-13,21H2,1-2H3,(H,22,29,30). The summed E-state index contributed by atoms with van der Waals surface area (Å²) >= 11 is 0. The maximum atomic E-state index is 13.2. The van der Waals surface area contributed by atoms with Gasteiger partial charge in [0.15, 0.2) is 5.69 Å². The highest BCUT2D eigenvalue weighted by atomic mass is 16.2. The van der Waals surface area contributed by atoms with E-state index in [-0.39, 0.29) is 24.0 Å². The highest BCUT2D eigenvalue weighted by molar-refractivity contribution is 5.96. The van der Waals surface area contributed by atoms with Crippen molar-refractivity contribution in [3.63, 3.8) is 0 Å². The third-order valence-electron chi connectivity index (χ3n) is 4.96. The number of H-pyrrole nitrogens is 1. The number of nitrogens with two attached hydrogens (primary N) is 1. The van der Waals surface area contributed by atoms with E-state index in [0.717, 1.165) is 24.8 Å². The minimum Gasteiger partial charge on any atom is -0.383 e. The third kappa shape index (κ3) is 4.27. The summed E-state index contributed by atoms with van der Waals surface area (Å²) in [5.74, 6) is -0.345. The molecular weight excluding hydrogens is 386 g/mol. The van der Waals surface area contributed by atoms with Crippen LogP contribution in [0.25, 0.3) is 11.0 Å². The van der Waals surface area contributed by atoms with Crippen molar-refractivity contribution in [2.45, 2.75) is 52.6 Å². The molecular formula is C20H27N7O3. The lowest BCUT2D eigenvalue weighted by Crippen LogP contribution is -2.43. The number of unbranched alkanes of at least 4 members (excludes halogenated alkanes) is 2. The molecule has 3 aromatic rings. The quantitative estimate of drug-likeness (QED) is 0.546. The first-order chi connectivity index (χ1) is 14.5. The van der Waals surface area contributed by atoms with Gasteiger partial charge in [-0.3, -0.25) is 19.1 Å². The number of hydrogen-bond acceptors (Lipinski definition) is 6.